The number of hydrogen-bond donors (Lipinski definition) is 1. The summed E-state index contributed by atoms with van der Waals surface area (Å²) in [5, 5.41) is 3.51. The van der Waals surface area contributed by atoms with E-state index in [0.29, 0.717) is 13.2 Å². The Hall–Kier alpha value is -2.24. The fraction of sp³-hybridized carbons (Fsp3) is 0.333. The number of nitrogens with zero attached hydrogens (tertiary/aromatic N) is 3. The van der Waals surface area contributed by atoms with Gasteiger partial charge in [-0.1, -0.05) is 18.2 Å². The largest absolute Gasteiger partial charge is 0.371 e. The Balaban J connectivity index is 1.55. The predicted octanol–water partition coefficient (Wildman–Crippen LogP) is 2.60. The molecule has 118 valence electrons. The van der Waals surface area contributed by atoms with Crippen LogP contribution in [0.1, 0.15) is 23.0 Å². The van der Waals surface area contributed by atoms with Gasteiger partial charge in [0.25, 0.3) is 0 Å². The summed E-state index contributed by atoms with van der Waals surface area (Å²) in [5.41, 5.74) is 4.70. The molecule has 5 nitrogen and oxygen atoms in total. The van der Waals surface area contributed by atoms with Gasteiger partial charge in [0.2, 0.25) is 0 Å². The second kappa shape index (κ2) is 6.10. The molecule has 23 heavy (non-hydrogen) atoms. The van der Waals surface area contributed by atoms with Gasteiger partial charge in [-0.05, 0) is 30.2 Å². The number of ether oxygens (including phenoxy) is 1. The van der Waals surface area contributed by atoms with E-state index in [1.54, 1.807) is 6.20 Å². The Kier molecular flexibility index (Phi) is 3.81. The molecule has 1 N–H and O–H groups in total. The highest BCUT2D eigenvalue weighted by atomic mass is 16.5. The Morgan fingerprint density at radius 1 is 1.30 bits per heavy atom. The lowest BCUT2D eigenvalue weighted by Crippen LogP contribution is -2.32. The molecule has 0 amide bonds. The molecule has 1 unspecified atom stereocenters. The number of benzene rings is 1. The first-order valence-electron chi connectivity index (χ1n) is 7.97. The van der Waals surface area contributed by atoms with E-state index >= 15 is 0 Å². The molecule has 3 heterocycles. The van der Waals surface area contributed by atoms with Crippen LogP contribution in [-0.4, -0.2) is 27.7 Å². The minimum Gasteiger partial charge on any atom is -0.371 e. The highest BCUT2D eigenvalue weighted by Gasteiger charge is 2.24. The molecule has 0 spiro atoms. The van der Waals surface area contributed by atoms with Gasteiger partial charge in [0, 0.05) is 25.5 Å². The molecule has 0 radical (unpaired) electrons. The van der Waals surface area contributed by atoms with Crippen LogP contribution >= 0.6 is 0 Å². The third-order valence-electron chi connectivity index (χ3n) is 4.33. The summed E-state index contributed by atoms with van der Waals surface area (Å²) in [5.74, 6) is 1.02. The minimum atomic E-state index is 0.266. The average Bonchev–Trinajstić information content (AvgIpc) is 2.97. The Bertz CT molecular complexity index is 813. The molecule has 1 aliphatic rings. The van der Waals surface area contributed by atoms with Gasteiger partial charge in [0.05, 0.1) is 23.7 Å². The normalized spacial score (nSPS) is 17.3. The maximum Gasteiger partial charge on any atom is 0.136 e. The molecule has 1 aromatic carbocycles. The topological polar surface area (TPSA) is 52.0 Å². The summed E-state index contributed by atoms with van der Waals surface area (Å²) < 4.78 is 8.08. The summed E-state index contributed by atoms with van der Waals surface area (Å²) in [6.45, 7) is 5.07. The number of fused-ring (bicyclic) bond motifs is 3. The first-order valence-corrected chi connectivity index (χ1v) is 7.97. The third kappa shape index (κ3) is 2.73. The molecular formula is C18H20N4O. The second-order valence-electron chi connectivity index (χ2n) is 6.00. The monoisotopic (exact) mass is 308 g/mol. The minimum absolute atomic E-state index is 0.266. The van der Waals surface area contributed by atoms with Crippen molar-refractivity contribution in [3.63, 3.8) is 0 Å². The molecule has 4 rings (SSSR count). The summed E-state index contributed by atoms with van der Waals surface area (Å²) in [7, 11) is 0. The summed E-state index contributed by atoms with van der Waals surface area (Å²) in [4.78, 5) is 8.92. The van der Waals surface area contributed by atoms with Crippen LogP contribution in [-0.2, 0) is 17.9 Å². The lowest BCUT2D eigenvalue weighted by Gasteiger charge is -2.26. The van der Waals surface area contributed by atoms with Gasteiger partial charge in [0.15, 0.2) is 0 Å². The lowest BCUT2D eigenvalue weighted by molar-refractivity contribution is 0.0564. The maximum absolute atomic E-state index is 5.75. The predicted molar refractivity (Wildman–Crippen MR) is 89.1 cm³/mol. The zero-order valence-electron chi connectivity index (χ0n) is 13.2. The van der Waals surface area contributed by atoms with Crippen LogP contribution in [0.15, 0.2) is 42.7 Å². The average molecular weight is 308 g/mol. The van der Waals surface area contributed by atoms with E-state index < -0.39 is 0 Å². The van der Waals surface area contributed by atoms with Crippen molar-refractivity contribution in [3.8, 4) is 0 Å². The van der Waals surface area contributed by atoms with Crippen LogP contribution < -0.4 is 5.32 Å². The Labute approximate surface area is 135 Å². The highest BCUT2D eigenvalue weighted by molar-refractivity contribution is 5.79. The summed E-state index contributed by atoms with van der Waals surface area (Å²) in [6.07, 6.45) is 3.69. The molecular weight excluding hydrogens is 288 g/mol. The fourth-order valence-electron chi connectivity index (χ4n) is 3.21. The van der Waals surface area contributed by atoms with Gasteiger partial charge >= 0.3 is 0 Å². The summed E-state index contributed by atoms with van der Waals surface area (Å²) in [6, 6.07) is 10.7. The lowest BCUT2D eigenvalue weighted by atomic mass is 10.2. The standard InChI is InChI=1S/C18H20N4O/c1-13-4-2-6-16-18(13)21-17-12-23-11-15(22(16)17)10-20-9-14-5-3-7-19-8-14/h2-8,15,20H,9-12H2,1H3. The first kappa shape index (κ1) is 14.4. The van der Waals surface area contributed by atoms with Crippen LogP contribution in [0.25, 0.3) is 11.0 Å². The number of para-hydroxylation sites is 1. The third-order valence-corrected chi connectivity index (χ3v) is 4.33. The van der Waals surface area contributed by atoms with Crippen molar-refractivity contribution in [1.82, 2.24) is 19.9 Å². The van der Waals surface area contributed by atoms with Crippen molar-refractivity contribution in [2.45, 2.75) is 26.1 Å². The van der Waals surface area contributed by atoms with Crippen molar-refractivity contribution in [3.05, 3.63) is 59.7 Å². The molecule has 1 atom stereocenters. The summed E-state index contributed by atoms with van der Waals surface area (Å²) >= 11 is 0. The molecule has 1 aliphatic heterocycles. The van der Waals surface area contributed by atoms with Crippen molar-refractivity contribution in [2.24, 2.45) is 0 Å². The van der Waals surface area contributed by atoms with Gasteiger partial charge in [-0.3, -0.25) is 4.98 Å². The van der Waals surface area contributed by atoms with Crippen LogP contribution in [0.5, 0.6) is 0 Å². The number of aromatic nitrogens is 3. The van der Waals surface area contributed by atoms with Crippen molar-refractivity contribution in [2.75, 3.05) is 13.2 Å². The number of aryl methyl sites for hydroxylation is 1. The van der Waals surface area contributed by atoms with Gasteiger partial charge < -0.3 is 14.6 Å². The molecule has 0 saturated heterocycles. The SMILES string of the molecule is Cc1cccc2c1nc1n2C(CNCc2cccnc2)COC1. The quantitative estimate of drug-likeness (QED) is 0.805. The fourth-order valence-corrected chi connectivity index (χ4v) is 3.21. The Morgan fingerprint density at radius 2 is 2.26 bits per heavy atom. The highest BCUT2D eigenvalue weighted by Crippen LogP contribution is 2.27. The van der Waals surface area contributed by atoms with Crippen molar-refractivity contribution in [1.29, 1.82) is 0 Å². The molecule has 2 aromatic heterocycles. The number of pyridine rings is 1. The zero-order valence-corrected chi connectivity index (χ0v) is 13.2. The van der Waals surface area contributed by atoms with Crippen LogP contribution in [0, 0.1) is 6.92 Å². The number of nitrogens with one attached hydrogen (secondary N) is 1. The van der Waals surface area contributed by atoms with Gasteiger partial charge in [-0.2, -0.15) is 0 Å². The van der Waals surface area contributed by atoms with Gasteiger partial charge in [0.1, 0.15) is 12.4 Å². The Morgan fingerprint density at radius 3 is 3.13 bits per heavy atom. The van der Waals surface area contributed by atoms with E-state index in [-0.39, 0.29) is 6.04 Å². The van der Waals surface area contributed by atoms with E-state index in [0.717, 1.165) is 24.4 Å². The van der Waals surface area contributed by atoms with E-state index in [1.165, 1.54) is 16.6 Å². The van der Waals surface area contributed by atoms with Crippen LogP contribution in [0.4, 0.5) is 0 Å². The molecule has 0 saturated carbocycles. The number of imidazole rings is 1. The van der Waals surface area contributed by atoms with E-state index in [4.69, 9.17) is 9.72 Å². The molecule has 5 heteroatoms. The van der Waals surface area contributed by atoms with Crippen molar-refractivity contribution < 1.29 is 4.74 Å². The zero-order chi connectivity index (χ0) is 15.6. The van der Waals surface area contributed by atoms with Gasteiger partial charge in [-0.15, -0.1) is 0 Å². The van der Waals surface area contributed by atoms with E-state index in [2.05, 4.69) is 46.1 Å². The molecule has 0 aliphatic carbocycles. The maximum atomic E-state index is 5.75. The number of hydrogen-bond acceptors (Lipinski definition) is 4. The van der Waals surface area contributed by atoms with E-state index in [9.17, 15) is 0 Å². The van der Waals surface area contributed by atoms with Gasteiger partial charge in [-0.25, -0.2) is 4.98 Å². The molecule has 0 fully saturated rings. The smallest absolute Gasteiger partial charge is 0.136 e. The van der Waals surface area contributed by atoms with Crippen LogP contribution in [0.3, 0.4) is 0 Å². The first-order chi connectivity index (χ1) is 11.3. The molecule has 3 aromatic rings. The van der Waals surface area contributed by atoms with E-state index in [1.807, 2.05) is 12.3 Å². The second-order valence-corrected chi connectivity index (χ2v) is 6.00. The molecule has 0 bridgehead atoms. The number of rotatable bonds is 4. The van der Waals surface area contributed by atoms with Crippen molar-refractivity contribution >= 4 is 11.0 Å². The van der Waals surface area contributed by atoms with Crippen LogP contribution in [0.2, 0.25) is 0 Å².